The highest BCUT2D eigenvalue weighted by Crippen LogP contribution is 1.88. The van der Waals surface area contributed by atoms with Crippen molar-refractivity contribution < 1.29 is 4.79 Å². The fraction of sp³-hybridized carbons (Fsp3) is 0.571. The first-order chi connectivity index (χ1) is 3.91. The molecule has 0 saturated heterocycles. The average Bonchev–Trinajstić information content (AvgIpc) is 1.81. The molecule has 0 unspecified atom stereocenters. The molecule has 0 fully saturated rings. The van der Waals surface area contributed by atoms with Crippen molar-refractivity contribution in [3.63, 3.8) is 0 Å². The minimum Gasteiger partial charge on any atom is -0.303 e. The first-order valence-electron chi connectivity index (χ1n) is 3.00. The van der Waals surface area contributed by atoms with E-state index in [4.69, 9.17) is 0 Å². The molecule has 1 heteroatoms. The first kappa shape index (κ1) is 7.41. The van der Waals surface area contributed by atoms with Gasteiger partial charge >= 0.3 is 0 Å². The molecular formula is C7H12O. The number of aldehydes is 1. The van der Waals surface area contributed by atoms with Crippen molar-refractivity contribution in [3.8, 4) is 0 Å². The van der Waals surface area contributed by atoms with Crippen molar-refractivity contribution in [2.24, 2.45) is 0 Å². The molecule has 0 aromatic heterocycles. The average molecular weight is 112 g/mol. The van der Waals surface area contributed by atoms with E-state index in [1.54, 1.807) is 0 Å². The lowest BCUT2D eigenvalue weighted by Gasteiger charge is -1.79. The molecule has 1 nitrogen and oxygen atoms in total. The molecule has 0 N–H and O–H groups in total. The highest BCUT2D eigenvalue weighted by atomic mass is 16.1. The van der Waals surface area contributed by atoms with E-state index >= 15 is 0 Å². The van der Waals surface area contributed by atoms with Gasteiger partial charge in [-0.2, -0.15) is 0 Å². The van der Waals surface area contributed by atoms with E-state index < -0.39 is 0 Å². The SMILES string of the molecule is CCC/C=C\CC=O. The topological polar surface area (TPSA) is 17.1 Å². The highest BCUT2D eigenvalue weighted by Gasteiger charge is 1.71. The molecule has 0 aromatic rings. The largest absolute Gasteiger partial charge is 0.303 e. The number of carbonyl (C=O) groups is 1. The minimum absolute atomic E-state index is 0.569. The Morgan fingerprint density at radius 1 is 1.38 bits per heavy atom. The van der Waals surface area contributed by atoms with Crippen LogP contribution in [0.2, 0.25) is 0 Å². The molecule has 0 atom stereocenters. The molecular weight excluding hydrogens is 100 g/mol. The Labute approximate surface area is 50.4 Å². The zero-order valence-corrected chi connectivity index (χ0v) is 5.26. The Kier molecular flexibility index (Phi) is 5.94. The van der Waals surface area contributed by atoms with Crippen molar-refractivity contribution in [2.45, 2.75) is 26.2 Å². The van der Waals surface area contributed by atoms with Crippen LogP contribution in [0.25, 0.3) is 0 Å². The first-order valence-corrected chi connectivity index (χ1v) is 3.00. The maximum atomic E-state index is 9.72. The van der Waals surface area contributed by atoms with Crippen LogP contribution >= 0.6 is 0 Å². The molecule has 0 aromatic carbocycles. The third-order valence-corrected chi connectivity index (χ3v) is 0.854. The van der Waals surface area contributed by atoms with E-state index in [0.717, 1.165) is 19.1 Å². The van der Waals surface area contributed by atoms with E-state index in [1.807, 2.05) is 12.2 Å². The predicted octanol–water partition coefficient (Wildman–Crippen LogP) is 1.93. The van der Waals surface area contributed by atoms with Gasteiger partial charge in [-0.15, -0.1) is 0 Å². The van der Waals surface area contributed by atoms with Gasteiger partial charge in [-0.05, 0) is 6.42 Å². The zero-order chi connectivity index (χ0) is 6.24. The second kappa shape index (κ2) is 6.41. The lowest BCUT2D eigenvalue weighted by molar-refractivity contribution is -0.107. The van der Waals surface area contributed by atoms with Crippen molar-refractivity contribution in [3.05, 3.63) is 12.2 Å². The summed E-state index contributed by atoms with van der Waals surface area (Å²) in [5.41, 5.74) is 0. The number of allylic oxidation sites excluding steroid dienone is 2. The van der Waals surface area contributed by atoms with Crippen molar-refractivity contribution in [1.82, 2.24) is 0 Å². The molecule has 8 heavy (non-hydrogen) atoms. The van der Waals surface area contributed by atoms with Crippen LogP contribution < -0.4 is 0 Å². The van der Waals surface area contributed by atoms with Crippen LogP contribution in [0.3, 0.4) is 0 Å². The van der Waals surface area contributed by atoms with Crippen molar-refractivity contribution >= 4 is 6.29 Å². The Bertz CT molecular complexity index is 74.5. The summed E-state index contributed by atoms with van der Waals surface area (Å²) in [5, 5.41) is 0. The summed E-state index contributed by atoms with van der Waals surface area (Å²) < 4.78 is 0. The van der Waals surface area contributed by atoms with E-state index in [0.29, 0.717) is 6.42 Å². The van der Waals surface area contributed by atoms with Gasteiger partial charge in [-0.1, -0.05) is 25.5 Å². The van der Waals surface area contributed by atoms with Gasteiger partial charge in [0.1, 0.15) is 6.29 Å². The normalized spacial score (nSPS) is 10.1. The third-order valence-electron chi connectivity index (χ3n) is 0.854. The van der Waals surface area contributed by atoms with Crippen LogP contribution in [0.1, 0.15) is 26.2 Å². The van der Waals surface area contributed by atoms with Crippen LogP contribution in [-0.2, 0) is 4.79 Å². The molecule has 0 aliphatic carbocycles. The molecule has 0 rings (SSSR count). The van der Waals surface area contributed by atoms with E-state index in [2.05, 4.69) is 6.92 Å². The van der Waals surface area contributed by atoms with Gasteiger partial charge in [-0.25, -0.2) is 0 Å². The predicted molar refractivity (Wildman–Crippen MR) is 34.7 cm³/mol. The monoisotopic (exact) mass is 112 g/mol. The third kappa shape index (κ3) is 5.41. The molecule has 0 radical (unpaired) electrons. The quantitative estimate of drug-likeness (QED) is 0.401. The highest BCUT2D eigenvalue weighted by molar-refractivity contribution is 5.51. The maximum Gasteiger partial charge on any atom is 0.123 e. The smallest absolute Gasteiger partial charge is 0.123 e. The van der Waals surface area contributed by atoms with Gasteiger partial charge in [0, 0.05) is 6.42 Å². The van der Waals surface area contributed by atoms with Gasteiger partial charge < -0.3 is 4.79 Å². The maximum absolute atomic E-state index is 9.72. The van der Waals surface area contributed by atoms with Crippen LogP contribution in [0.5, 0.6) is 0 Å². The Morgan fingerprint density at radius 3 is 2.62 bits per heavy atom. The molecule has 46 valence electrons. The number of unbranched alkanes of at least 4 members (excludes halogenated alkanes) is 1. The molecule has 0 saturated carbocycles. The van der Waals surface area contributed by atoms with Crippen LogP contribution in [0.15, 0.2) is 12.2 Å². The van der Waals surface area contributed by atoms with E-state index in [-0.39, 0.29) is 0 Å². The lowest BCUT2D eigenvalue weighted by atomic mass is 10.3. The summed E-state index contributed by atoms with van der Waals surface area (Å²) in [5.74, 6) is 0. The molecule has 0 aliphatic rings. The van der Waals surface area contributed by atoms with Crippen molar-refractivity contribution in [2.75, 3.05) is 0 Å². The number of rotatable bonds is 4. The Morgan fingerprint density at radius 2 is 2.12 bits per heavy atom. The lowest BCUT2D eigenvalue weighted by Crippen LogP contribution is -1.65. The van der Waals surface area contributed by atoms with Gasteiger partial charge in [0.25, 0.3) is 0 Å². The summed E-state index contributed by atoms with van der Waals surface area (Å²) in [4.78, 5) is 9.72. The van der Waals surface area contributed by atoms with Gasteiger partial charge in [0.15, 0.2) is 0 Å². The summed E-state index contributed by atoms with van der Waals surface area (Å²) in [7, 11) is 0. The van der Waals surface area contributed by atoms with Crippen molar-refractivity contribution in [1.29, 1.82) is 0 Å². The summed E-state index contributed by atoms with van der Waals surface area (Å²) in [6.07, 6.45) is 7.67. The Hall–Kier alpha value is -0.590. The molecule has 0 heterocycles. The summed E-state index contributed by atoms with van der Waals surface area (Å²) in [6, 6.07) is 0. The fourth-order valence-corrected chi connectivity index (χ4v) is 0.436. The number of hydrogen-bond acceptors (Lipinski definition) is 1. The molecule has 0 amide bonds. The molecule has 0 spiro atoms. The number of hydrogen-bond donors (Lipinski definition) is 0. The van der Waals surface area contributed by atoms with Crippen LogP contribution in [0.4, 0.5) is 0 Å². The van der Waals surface area contributed by atoms with Crippen LogP contribution in [0, 0.1) is 0 Å². The van der Waals surface area contributed by atoms with E-state index in [9.17, 15) is 4.79 Å². The van der Waals surface area contributed by atoms with Gasteiger partial charge in [0.2, 0.25) is 0 Å². The summed E-state index contributed by atoms with van der Waals surface area (Å²) >= 11 is 0. The molecule has 0 bridgehead atoms. The second-order valence-corrected chi connectivity index (χ2v) is 1.66. The second-order valence-electron chi connectivity index (χ2n) is 1.66. The fourth-order valence-electron chi connectivity index (χ4n) is 0.436. The van der Waals surface area contributed by atoms with Crippen LogP contribution in [-0.4, -0.2) is 6.29 Å². The van der Waals surface area contributed by atoms with Gasteiger partial charge in [-0.3, -0.25) is 0 Å². The number of carbonyl (C=O) groups excluding carboxylic acids is 1. The van der Waals surface area contributed by atoms with Gasteiger partial charge in [0.05, 0.1) is 0 Å². The summed E-state index contributed by atoms with van der Waals surface area (Å²) in [6.45, 7) is 2.12. The molecule has 0 aliphatic heterocycles. The van der Waals surface area contributed by atoms with E-state index in [1.165, 1.54) is 0 Å². The Balaban J connectivity index is 2.94. The minimum atomic E-state index is 0.569. The zero-order valence-electron chi connectivity index (χ0n) is 5.26. The standard InChI is InChI=1S/C7H12O/c1-2-3-4-5-6-7-8/h4-5,7H,2-3,6H2,1H3/b5-4-.